The fraction of sp³-hybridized carbons (Fsp3) is 0.526. The van der Waals surface area contributed by atoms with Gasteiger partial charge in [0.15, 0.2) is 5.78 Å². The third-order valence-corrected chi connectivity index (χ3v) is 3.52. The molecule has 122 valence electrons. The van der Waals surface area contributed by atoms with Gasteiger partial charge in [-0.2, -0.15) is 0 Å². The summed E-state index contributed by atoms with van der Waals surface area (Å²) < 4.78 is 11.4. The van der Waals surface area contributed by atoms with E-state index in [4.69, 9.17) is 9.47 Å². The number of Topliss-reactive ketones (excluding diaryl/α,β-unsaturated/α-hetero) is 1. The van der Waals surface area contributed by atoms with Crippen LogP contribution in [0.4, 0.5) is 0 Å². The van der Waals surface area contributed by atoms with Gasteiger partial charge in [-0.1, -0.05) is 12.5 Å². The third kappa shape index (κ3) is 6.44. The Labute approximate surface area is 134 Å². The summed E-state index contributed by atoms with van der Waals surface area (Å²) in [4.78, 5) is 11.3. The number of carbonyl (C=O) groups is 1. The number of benzene rings is 1. The van der Waals surface area contributed by atoms with E-state index in [-0.39, 0.29) is 11.9 Å². The maximum Gasteiger partial charge on any atom is 0.159 e. The van der Waals surface area contributed by atoms with Crippen molar-refractivity contribution in [2.75, 3.05) is 13.2 Å². The van der Waals surface area contributed by atoms with Gasteiger partial charge in [-0.15, -0.1) is 0 Å². The van der Waals surface area contributed by atoms with E-state index in [0.29, 0.717) is 6.61 Å². The Morgan fingerprint density at radius 1 is 1.32 bits per heavy atom. The van der Waals surface area contributed by atoms with Crippen molar-refractivity contribution in [1.82, 2.24) is 0 Å². The van der Waals surface area contributed by atoms with Gasteiger partial charge in [0.25, 0.3) is 0 Å². The quantitative estimate of drug-likeness (QED) is 0.489. The molecule has 0 N–H and O–H groups in total. The molecule has 0 amide bonds. The highest BCUT2D eigenvalue weighted by molar-refractivity contribution is 5.94. The van der Waals surface area contributed by atoms with Crippen molar-refractivity contribution in [3.8, 4) is 5.75 Å². The zero-order valence-electron chi connectivity index (χ0n) is 14.4. The first-order valence-electron chi connectivity index (χ1n) is 7.98. The fourth-order valence-electron chi connectivity index (χ4n) is 2.13. The van der Waals surface area contributed by atoms with Crippen LogP contribution in [-0.2, 0) is 4.74 Å². The number of hydrogen-bond donors (Lipinski definition) is 0. The summed E-state index contributed by atoms with van der Waals surface area (Å²) in [6.07, 6.45) is 4.35. The van der Waals surface area contributed by atoms with E-state index in [1.807, 2.05) is 39.0 Å². The topological polar surface area (TPSA) is 35.5 Å². The molecule has 3 nitrogen and oxygen atoms in total. The molecular formula is C19H28O3. The first kappa shape index (κ1) is 18.4. The van der Waals surface area contributed by atoms with Gasteiger partial charge in [-0.05, 0) is 70.4 Å². The summed E-state index contributed by atoms with van der Waals surface area (Å²) in [6, 6.07) is 5.55. The molecule has 0 bridgehead atoms. The van der Waals surface area contributed by atoms with Crippen LogP contribution in [0.5, 0.6) is 5.75 Å². The molecule has 0 saturated heterocycles. The summed E-state index contributed by atoms with van der Waals surface area (Å²) in [5.41, 5.74) is 3.06. The molecular weight excluding hydrogens is 276 g/mol. The summed E-state index contributed by atoms with van der Waals surface area (Å²) in [5, 5.41) is 0. The highest BCUT2D eigenvalue weighted by atomic mass is 16.5. The van der Waals surface area contributed by atoms with Crippen LogP contribution in [0, 0.1) is 6.92 Å². The predicted octanol–water partition coefficient (Wildman–Crippen LogP) is 4.73. The molecule has 0 aliphatic heterocycles. The zero-order valence-corrected chi connectivity index (χ0v) is 14.4. The van der Waals surface area contributed by atoms with Crippen molar-refractivity contribution in [3.63, 3.8) is 0 Å². The van der Waals surface area contributed by atoms with Gasteiger partial charge in [0, 0.05) is 5.56 Å². The van der Waals surface area contributed by atoms with Crippen molar-refractivity contribution < 1.29 is 14.3 Å². The van der Waals surface area contributed by atoms with Gasteiger partial charge in [0.1, 0.15) is 12.4 Å². The van der Waals surface area contributed by atoms with Crippen LogP contribution in [0.1, 0.15) is 56.5 Å². The Balaban J connectivity index is 2.53. The molecule has 0 aromatic heterocycles. The van der Waals surface area contributed by atoms with Crippen LogP contribution in [0.2, 0.25) is 0 Å². The van der Waals surface area contributed by atoms with Crippen molar-refractivity contribution in [3.05, 3.63) is 41.0 Å². The second-order valence-electron chi connectivity index (χ2n) is 5.73. The zero-order chi connectivity index (χ0) is 16.5. The SMILES string of the molecule is CC/C(=C\COc1ccc(C(C)=O)cc1C)CCOC(C)C. The van der Waals surface area contributed by atoms with Crippen LogP contribution in [-0.4, -0.2) is 25.1 Å². The predicted molar refractivity (Wildman–Crippen MR) is 90.8 cm³/mol. The molecule has 3 heteroatoms. The van der Waals surface area contributed by atoms with Crippen LogP contribution in [0.3, 0.4) is 0 Å². The van der Waals surface area contributed by atoms with Crippen LogP contribution in [0.25, 0.3) is 0 Å². The molecule has 0 fully saturated rings. The lowest BCUT2D eigenvalue weighted by atomic mass is 10.1. The molecule has 1 rings (SSSR count). The van der Waals surface area contributed by atoms with E-state index >= 15 is 0 Å². The van der Waals surface area contributed by atoms with Crippen LogP contribution < -0.4 is 4.74 Å². The molecule has 0 aliphatic rings. The molecule has 1 aromatic rings. The van der Waals surface area contributed by atoms with Gasteiger partial charge in [0.05, 0.1) is 12.7 Å². The molecule has 1 aromatic carbocycles. The molecule has 22 heavy (non-hydrogen) atoms. The Hall–Kier alpha value is -1.61. The van der Waals surface area contributed by atoms with Gasteiger partial charge < -0.3 is 9.47 Å². The average molecular weight is 304 g/mol. The third-order valence-electron chi connectivity index (χ3n) is 3.52. The lowest BCUT2D eigenvalue weighted by Gasteiger charge is -2.11. The molecule has 0 heterocycles. The van der Waals surface area contributed by atoms with Crippen molar-refractivity contribution in [2.24, 2.45) is 0 Å². The van der Waals surface area contributed by atoms with E-state index in [2.05, 4.69) is 13.0 Å². The standard InChI is InChI=1S/C19H28O3/c1-6-17(9-11-21-14(2)3)10-12-22-19-8-7-18(16(5)20)13-15(19)4/h7-8,10,13-14H,6,9,11-12H2,1-5H3/b17-10+. The fourth-order valence-corrected chi connectivity index (χ4v) is 2.13. The summed E-state index contributed by atoms with van der Waals surface area (Å²) in [5.74, 6) is 0.906. The number of ether oxygens (including phenoxy) is 2. The number of aryl methyl sites for hydroxylation is 1. The summed E-state index contributed by atoms with van der Waals surface area (Å²) in [6.45, 7) is 11.1. The minimum absolute atomic E-state index is 0.0768. The second-order valence-corrected chi connectivity index (χ2v) is 5.73. The largest absolute Gasteiger partial charge is 0.489 e. The molecule has 0 radical (unpaired) electrons. The summed E-state index contributed by atoms with van der Waals surface area (Å²) >= 11 is 0. The highest BCUT2D eigenvalue weighted by Crippen LogP contribution is 2.20. The van der Waals surface area contributed by atoms with E-state index in [1.165, 1.54) is 5.57 Å². The highest BCUT2D eigenvalue weighted by Gasteiger charge is 2.04. The Kier molecular flexibility index (Phi) is 7.89. The van der Waals surface area contributed by atoms with E-state index in [1.54, 1.807) is 6.92 Å². The first-order valence-corrected chi connectivity index (χ1v) is 7.98. The number of carbonyl (C=O) groups excluding carboxylic acids is 1. The Bertz CT molecular complexity index is 515. The van der Waals surface area contributed by atoms with Gasteiger partial charge in [0.2, 0.25) is 0 Å². The van der Waals surface area contributed by atoms with Crippen molar-refractivity contribution in [1.29, 1.82) is 0 Å². The Morgan fingerprint density at radius 2 is 2.05 bits per heavy atom. The molecule has 0 aliphatic carbocycles. The lowest BCUT2D eigenvalue weighted by Crippen LogP contribution is -2.05. The van der Waals surface area contributed by atoms with E-state index < -0.39 is 0 Å². The lowest BCUT2D eigenvalue weighted by molar-refractivity contribution is 0.0809. The first-order chi connectivity index (χ1) is 10.4. The van der Waals surface area contributed by atoms with Crippen LogP contribution >= 0.6 is 0 Å². The summed E-state index contributed by atoms with van der Waals surface area (Å²) in [7, 11) is 0. The minimum Gasteiger partial charge on any atom is -0.489 e. The van der Waals surface area contributed by atoms with Gasteiger partial charge >= 0.3 is 0 Å². The van der Waals surface area contributed by atoms with E-state index in [0.717, 1.165) is 36.3 Å². The van der Waals surface area contributed by atoms with E-state index in [9.17, 15) is 4.79 Å². The second kappa shape index (κ2) is 9.42. The molecule has 0 atom stereocenters. The smallest absolute Gasteiger partial charge is 0.159 e. The number of rotatable bonds is 9. The number of ketones is 1. The molecule has 0 unspecified atom stereocenters. The van der Waals surface area contributed by atoms with Crippen molar-refractivity contribution >= 4 is 5.78 Å². The normalized spacial score (nSPS) is 11.8. The number of hydrogen-bond acceptors (Lipinski definition) is 3. The molecule has 0 saturated carbocycles. The van der Waals surface area contributed by atoms with Gasteiger partial charge in [-0.3, -0.25) is 4.79 Å². The Morgan fingerprint density at radius 3 is 2.59 bits per heavy atom. The van der Waals surface area contributed by atoms with Crippen LogP contribution in [0.15, 0.2) is 29.8 Å². The van der Waals surface area contributed by atoms with Crippen molar-refractivity contribution in [2.45, 2.75) is 53.6 Å². The maximum absolute atomic E-state index is 11.3. The van der Waals surface area contributed by atoms with Gasteiger partial charge in [-0.25, -0.2) is 0 Å². The minimum atomic E-state index is 0.0768. The molecule has 0 spiro atoms. The maximum atomic E-state index is 11.3. The average Bonchev–Trinajstić information content (AvgIpc) is 2.46. The monoisotopic (exact) mass is 304 g/mol.